The second kappa shape index (κ2) is 10.9. The molecule has 7 nitrogen and oxygen atoms in total. The summed E-state index contributed by atoms with van der Waals surface area (Å²) in [5.41, 5.74) is -0.875. The number of carboxylic acid groups (broad SMARTS) is 2. The van der Waals surface area contributed by atoms with E-state index in [9.17, 15) is 29.0 Å². The Morgan fingerprint density at radius 1 is 1.16 bits per heavy atom. The molecule has 0 fully saturated rings. The van der Waals surface area contributed by atoms with Crippen molar-refractivity contribution in [3.8, 4) is 5.75 Å². The zero-order valence-corrected chi connectivity index (χ0v) is 18.4. The van der Waals surface area contributed by atoms with Crippen LogP contribution in [0.2, 0.25) is 5.02 Å². The largest absolute Gasteiger partial charge is 0.495 e. The van der Waals surface area contributed by atoms with Crippen LogP contribution in [0.15, 0.2) is 40.8 Å². The highest BCUT2D eigenvalue weighted by Crippen LogP contribution is 2.34. The topological polar surface area (TPSA) is 104 Å². The van der Waals surface area contributed by atoms with Crippen molar-refractivity contribution in [1.82, 2.24) is 0 Å². The molecular weight excluding hydrogens is 449 g/mol. The third-order valence-electron chi connectivity index (χ3n) is 4.50. The van der Waals surface area contributed by atoms with Gasteiger partial charge in [0.2, 0.25) is 0 Å². The highest BCUT2D eigenvalue weighted by molar-refractivity contribution is 7.09. The SMILES string of the molecule is COc1cc(N(C(=O)O)C(=O)C2=C(C(=O)O)CCCC2)c(F)cc1Cl.Cc1cccs1. The van der Waals surface area contributed by atoms with Gasteiger partial charge in [0.1, 0.15) is 11.6 Å². The monoisotopic (exact) mass is 469 g/mol. The molecule has 0 atom stereocenters. The van der Waals surface area contributed by atoms with Gasteiger partial charge in [-0.2, -0.15) is 0 Å². The average molecular weight is 470 g/mol. The summed E-state index contributed by atoms with van der Waals surface area (Å²) in [6.45, 7) is 2.10. The number of anilines is 1. The number of aryl methyl sites for hydroxylation is 1. The Hall–Kier alpha value is -2.91. The fourth-order valence-electron chi connectivity index (χ4n) is 3.02. The van der Waals surface area contributed by atoms with Crippen LogP contribution >= 0.6 is 22.9 Å². The minimum atomic E-state index is -1.74. The fourth-order valence-corrected chi connectivity index (χ4v) is 3.77. The van der Waals surface area contributed by atoms with Gasteiger partial charge in [-0.25, -0.2) is 18.9 Å². The zero-order valence-electron chi connectivity index (χ0n) is 16.9. The summed E-state index contributed by atoms with van der Waals surface area (Å²) in [6.07, 6.45) is -0.366. The molecule has 0 saturated carbocycles. The summed E-state index contributed by atoms with van der Waals surface area (Å²) in [7, 11) is 1.25. The van der Waals surface area contributed by atoms with E-state index in [1.165, 1.54) is 12.0 Å². The lowest BCUT2D eigenvalue weighted by Gasteiger charge is -2.23. The Bertz CT molecular complexity index is 1010. The van der Waals surface area contributed by atoms with Crippen molar-refractivity contribution >= 4 is 46.6 Å². The first-order valence-corrected chi connectivity index (χ1v) is 10.5. The van der Waals surface area contributed by atoms with Gasteiger partial charge in [0, 0.05) is 22.1 Å². The summed E-state index contributed by atoms with van der Waals surface area (Å²) >= 11 is 7.55. The van der Waals surface area contributed by atoms with Crippen LogP contribution in [0.1, 0.15) is 30.6 Å². The first-order valence-electron chi connectivity index (χ1n) is 9.23. The Labute approximate surface area is 187 Å². The molecule has 0 spiro atoms. The number of carbonyl (C=O) groups is 3. The Morgan fingerprint density at radius 2 is 1.81 bits per heavy atom. The van der Waals surface area contributed by atoms with Crippen molar-refractivity contribution in [2.24, 2.45) is 0 Å². The number of methoxy groups -OCH3 is 1. The van der Waals surface area contributed by atoms with Gasteiger partial charge in [-0.1, -0.05) is 17.7 Å². The average Bonchev–Trinajstić information content (AvgIpc) is 3.20. The second-order valence-corrected chi connectivity index (χ2v) is 8.11. The van der Waals surface area contributed by atoms with E-state index >= 15 is 0 Å². The van der Waals surface area contributed by atoms with Gasteiger partial charge in [-0.3, -0.25) is 4.79 Å². The van der Waals surface area contributed by atoms with Crippen molar-refractivity contribution in [3.05, 3.63) is 56.5 Å². The second-order valence-electron chi connectivity index (χ2n) is 6.55. The number of rotatable bonds is 4. The lowest BCUT2D eigenvalue weighted by atomic mass is 9.90. The third-order valence-corrected chi connectivity index (χ3v) is 5.60. The van der Waals surface area contributed by atoms with Crippen LogP contribution in [0.25, 0.3) is 0 Å². The molecule has 0 radical (unpaired) electrons. The summed E-state index contributed by atoms with van der Waals surface area (Å²) < 4.78 is 19.2. The highest BCUT2D eigenvalue weighted by Gasteiger charge is 2.33. The van der Waals surface area contributed by atoms with Gasteiger partial charge >= 0.3 is 12.1 Å². The molecule has 1 heterocycles. The number of amides is 2. The molecule has 31 heavy (non-hydrogen) atoms. The molecule has 0 aliphatic heterocycles. The smallest absolute Gasteiger partial charge is 0.419 e. The van der Waals surface area contributed by atoms with Gasteiger partial charge < -0.3 is 14.9 Å². The van der Waals surface area contributed by atoms with Crippen LogP contribution in [0.5, 0.6) is 5.75 Å². The number of hydrogen-bond acceptors (Lipinski definition) is 5. The van der Waals surface area contributed by atoms with E-state index in [2.05, 4.69) is 24.4 Å². The van der Waals surface area contributed by atoms with Crippen molar-refractivity contribution in [2.45, 2.75) is 32.6 Å². The van der Waals surface area contributed by atoms with Crippen LogP contribution in [0.4, 0.5) is 14.9 Å². The number of benzene rings is 1. The van der Waals surface area contributed by atoms with E-state index in [4.69, 9.17) is 16.3 Å². The molecular formula is C21H21ClFNO6S. The minimum Gasteiger partial charge on any atom is -0.495 e. The molecule has 166 valence electrons. The maximum absolute atomic E-state index is 14.2. The van der Waals surface area contributed by atoms with Crippen LogP contribution in [0.3, 0.4) is 0 Å². The molecule has 0 saturated heterocycles. The molecule has 0 unspecified atom stereocenters. The Balaban J connectivity index is 0.000000488. The van der Waals surface area contributed by atoms with E-state index in [1.807, 2.05) is 0 Å². The molecule has 2 amide bonds. The lowest BCUT2D eigenvalue weighted by Crippen LogP contribution is -2.38. The van der Waals surface area contributed by atoms with E-state index in [0.29, 0.717) is 12.8 Å². The molecule has 0 bridgehead atoms. The van der Waals surface area contributed by atoms with Crippen LogP contribution < -0.4 is 9.64 Å². The lowest BCUT2D eigenvalue weighted by molar-refractivity contribution is -0.133. The number of thiophene rings is 1. The van der Waals surface area contributed by atoms with Crippen LogP contribution in [-0.4, -0.2) is 35.3 Å². The van der Waals surface area contributed by atoms with Crippen LogP contribution in [-0.2, 0) is 9.59 Å². The third kappa shape index (κ3) is 6.05. The van der Waals surface area contributed by atoms with Gasteiger partial charge in [0.25, 0.3) is 5.91 Å². The first kappa shape index (κ1) is 24.4. The van der Waals surface area contributed by atoms with E-state index in [-0.39, 0.29) is 39.7 Å². The van der Waals surface area contributed by atoms with Gasteiger partial charge in [-0.15, -0.1) is 11.3 Å². The maximum atomic E-state index is 14.2. The van der Waals surface area contributed by atoms with Crippen molar-refractivity contribution in [1.29, 1.82) is 0 Å². The number of hydrogen-bond donors (Lipinski definition) is 2. The number of nitrogens with zero attached hydrogens (tertiary/aromatic N) is 1. The standard InChI is InChI=1S/C16H15ClFNO6.C5H6S/c1-25-13-7-12(11(18)6-10(13)17)19(16(23)24)14(20)8-4-2-3-5-9(8)15(21)22;1-5-3-2-4-6-5/h6-7H,2-5H2,1H3,(H,21,22)(H,23,24);2-4H,1H3. The molecule has 3 rings (SSSR count). The zero-order chi connectivity index (χ0) is 23.1. The van der Waals surface area contributed by atoms with E-state index in [0.717, 1.165) is 12.1 Å². The van der Waals surface area contributed by atoms with E-state index < -0.39 is 29.5 Å². The van der Waals surface area contributed by atoms with Crippen molar-refractivity contribution in [2.75, 3.05) is 12.0 Å². The van der Waals surface area contributed by atoms with Gasteiger partial charge in [0.15, 0.2) is 0 Å². The quantitative estimate of drug-likeness (QED) is 0.611. The van der Waals surface area contributed by atoms with Gasteiger partial charge in [0.05, 0.1) is 17.8 Å². The molecule has 1 aromatic carbocycles. The molecule has 2 N–H and O–H groups in total. The summed E-state index contributed by atoms with van der Waals surface area (Å²) in [5, 5.41) is 20.6. The fraction of sp³-hybridized carbons (Fsp3) is 0.286. The summed E-state index contributed by atoms with van der Waals surface area (Å²) in [5.74, 6) is -3.45. The number of ether oxygens (including phenoxy) is 1. The van der Waals surface area contributed by atoms with Crippen molar-refractivity contribution in [3.63, 3.8) is 0 Å². The molecule has 10 heteroatoms. The molecule has 2 aromatic rings. The molecule has 1 aliphatic carbocycles. The maximum Gasteiger partial charge on any atom is 0.419 e. The number of aliphatic carboxylic acids is 1. The normalized spacial score (nSPS) is 13.2. The predicted molar refractivity (Wildman–Crippen MR) is 116 cm³/mol. The first-order chi connectivity index (χ1) is 14.7. The number of carboxylic acids is 1. The van der Waals surface area contributed by atoms with Crippen LogP contribution in [0, 0.1) is 12.7 Å². The molecule has 1 aromatic heterocycles. The summed E-state index contributed by atoms with van der Waals surface area (Å²) in [4.78, 5) is 37.2. The summed E-state index contributed by atoms with van der Waals surface area (Å²) in [6, 6.07) is 5.96. The van der Waals surface area contributed by atoms with Gasteiger partial charge in [-0.05, 0) is 50.1 Å². The number of carbonyl (C=O) groups excluding carboxylic acids is 1. The number of imide groups is 1. The van der Waals surface area contributed by atoms with Crippen molar-refractivity contribution < 1.29 is 33.7 Å². The minimum absolute atomic E-state index is 0.0202. The number of halogens is 2. The van der Waals surface area contributed by atoms with E-state index in [1.54, 1.807) is 11.3 Å². The Kier molecular flexibility index (Phi) is 8.58. The molecule has 1 aliphatic rings. The predicted octanol–water partition coefficient (Wildman–Crippen LogP) is 5.51. The highest BCUT2D eigenvalue weighted by atomic mass is 35.5. The Morgan fingerprint density at radius 3 is 2.26 bits per heavy atom.